The fraction of sp³-hybridized carbons (Fsp3) is 0.458. The molecule has 156 valence electrons. The number of carbonyl (C=O) groups is 1. The smallest absolute Gasteiger partial charge is 0.258 e. The maximum absolute atomic E-state index is 13.0. The summed E-state index contributed by atoms with van der Waals surface area (Å²) < 4.78 is 18.4. The van der Waals surface area contributed by atoms with Crippen LogP contribution in [0.3, 0.4) is 0 Å². The van der Waals surface area contributed by atoms with Gasteiger partial charge in [-0.2, -0.15) is 0 Å². The molecular formula is C24H31FN2O2. The summed E-state index contributed by atoms with van der Waals surface area (Å²) in [7, 11) is 0. The third kappa shape index (κ3) is 6.04. The van der Waals surface area contributed by atoms with Crippen molar-refractivity contribution < 1.29 is 13.9 Å². The molecule has 4 nitrogen and oxygen atoms in total. The summed E-state index contributed by atoms with van der Waals surface area (Å²) in [6.45, 7) is 9.19. The van der Waals surface area contributed by atoms with Crippen LogP contribution in [0.1, 0.15) is 50.8 Å². The van der Waals surface area contributed by atoms with Crippen molar-refractivity contribution in [1.29, 1.82) is 0 Å². The number of hydrogen-bond donors (Lipinski definition) is 1. The van der Waals surface area contributed by atoms with Crippen LogP contribution in [-0.2, 0) is 10.2 Å². The number of benzene rings is 2. The van der Waals surface area contributed by atoms with Gasteiger partial charge in [-0.25, -0.2) is 4.39 Å². The SMILES string of the molecule is CC(C)(C)c1ccc([C@H](CNC(=O)COc2ccc(F)cc2)N2CCCC2)cc1. The van der Waals surface area contributed by atoms with E-state index in [2.05, 4.69) is 55.3 Å². The van der Waals surface area contributed by atoms with Gasteiger partial charge in [-0.05, 0) is 66.7 Å². The van der Waals surface area contributed by atoms with Gasteiger partial charge in [-0.1, -0.05) is 45.0 Å². The molecule has 1 amide bonds. The largest absolute Gasteiger partial charge is 0.484 e. The molecule has 5 heteroatoms. The van der Waals surface area contributed by atoms with Crippen LogP contribution in [-0.4, -0.2) is 37.0 Å². The molecule has 0 bridgehead atoms. The van der Waals surface area contributed by atoms with Gasteiger partial charge in [-0.3, -0.25) is 9.69 Å². The van der Waals surface area contributed by atoms with E-state index in [4.69, 9.17) is 4.74 Å². The predicted octanol–water partition coefficient (Wildman–Crippen LogP) is 4.46. The van der Waals surface area contributed by atoms with E-state index in [1.54, 1.807) is 0 Å². The van der Waals surface area contributed by atoms with Crippen molar-refractivity contribution in [3.8, 4) is 5.75 Å². The Kier molecular flexibility index (Phi) is 6.91. The second kappa shape index (κ2) is 9.40. The van der Waals surface area contributed by atoms with E-state index in [0.29, 0.717) is 12.3 Å². The number of likely N-dealkylation sites (tertiary alicyclic amines) is 1. The predicted molar refractivity (Wildman–Crippen MR) is 114 cm³/mol. The molecule has 1 N–H and O–H groups in total. The molecule has 0 aromatic heterocycles. The van der Waals surface area contributed by atoms with Crippen molar-refractivity contribution >= 4 is 5.91 Å². The van der Waals surface area contributed by atoms with Crippen molar-refractivity contribution in [1.82, 2.24) is 10.2 Å². The minimum atomic E-state index is -0.326. The Hall–Kier alpha value is -2.40. The number of hydrogen-bond acceptors (Lipinski definition) is 3. The quantitative estimate of drug-likeness (QED) is 0.749. The normalized spacial score (nSPS) is 15.9. The highest BCUT2D eigenvalue weighted by Crippen LogP contribution is 2.28. The maximum Gasteiger partial charge on any atom is 0.258 e. The van der Waals surface area contributed by atoms with Crippen LogP contribution >= 0.6 is 0 Å². The molecule has 1 aliphatic heterocycles. The molecule has 1 atom stereocenters. The van der Waals surface area contributed by atoms with Crippen molar-refractivity contribution in [2.75, 3.05) is 26.2 Å². The minimum absolute atomic E-state index is 0.0820. The minimum Gasteiger partial charge on any atom is -0.484 e. The average Bonchev–Trinajstić information content (AvgIpc) is 3.22. The summed E-state index contributed by atoms with van der Waals surface area (Å²) in [4.78, 5) is 14.7. The number of nitrogens with zero attached hydrogens (tertiary/aromatic N) is 1. The number of nitrogens with one attached hydrogen (secondary N) is 1. The number of carbonyl (C=O) groups excluding carboxylic acids is 1. The zero-order chi connectivity index (χ0) is 20.9. The third-order valence-corrected chi connectivity index (χ3v) is 5.42. The van der Waals surface area contributed by atoms with Gasteiger partial charge in [0, 0.05) is 6.54 Å². The Bertz CT molecular complexity index is 791. The molecule has 1 saturated heterocycles. The molecule has 0 radical (unpaired) electrons. The van der Waals surface area contributed by atoms with E-state index < -0.39 is 0 Å². The number of amides is 1. The van der Waals surface area contributed by atoms with Gasteiger partial charge in [0.15, 0.2) is 6.61 Å². The average molecular weight is 399 g/mol. The van der Waals surface area contributed by atoms with Crippen LogP contribution in [0.25, 0.3) is 0 Å². The molecule has 1 fully saturated rings. The molecule has 2 aromatic rings. The first kappa shape index (κ1) is 21.3. The lowest BCUT2D eigenvalue weighted by molar-refractivity contribution is -0.123. The second-order valence-corrected chi connectivity index (χ2v) is 8.68. The van der Waals surface area contributed by atoms with Crippen molar-refractivity contribution in [2.24, 2.45) is 0 Å². The Morgan fingerprint density at radius 1 is 1.07 bits per heavy atom. The van der Waals surface area contributed by atoms with Gasteiger partial charge in [0.2, 0.25) is 0 Å². The van der Waals surface area contributed by atoms with Crippen LogP contribution in [0, 0.1) is 5.82 Å². The molecule has 0 saturated carbocycles. The first-order valence-electron chi connectivity index (χ1n) is 10.3. The zero-order valence-electron chi connectivity index (χ0n) is 17.6. The molecule has 29 heavy (non-hydrogen) atoms. The lowest BCUT2D eigenvalue weighted by Gasteiger charge is -2.29. The Morgan fingerprint density at radius 3 is 2.28 bits per heavy atom. The molecule has 1 aliphatic rings. The van der Waals surface area contributed by atoms with Crippen LogP contribution in [0.5, 0.6) is 5.75 Å². The van der Waals surface area contributed by atoms with E-state index in [0.717, 1.165) is 13.1 Å². The van der Waals surface area contributed by atoms with Gasteiger partial charge < -0.3 is 10.1 Å². The third-order valence-electron chi connectivity index (χ3n) is 5.42. The molecular weight excluding hydrogens is 367 g/mol. The Labute approximate surface area is 173 Å². The summed E-state index contributed by atoms with van der Waals surface area (Å²) >= 11 is 0. The monoisotopic (exact) mass is 398 g/mol. The van der Waals surface area contributed by atoms with Crippen LogP contribution in [0.2, 0.25) is 0 Å². The van der Waals surface area contributed by atoms with Crippen LogP contribution in [0.15, 0.2) is 48.5 Å². The number of rotatable bonds is 7. The van der Waals surface area contributed by atoms with Crippen molar-refractivity contribution in [3.63, 3.8) is 0 Å². The highest BCUT2D eigenvalue weighted by Gasteiger charge is 2.24. The fourth-order valence-electron chi connectivity index (χ4n) is 3.66. The lowest BCUT2D eigenvalue weighted by Crippen LogP contribution is -2.38. The molecule has 1 heterocycles. The van der Waals surface area contributed by atoms with Gasteiger partial charge in [0.05, 0.1) is 6.04 Å². The number of halogens is 1. The Balaban J connectivity index is 1.60. The van der Waals surface area contributed by atoms with E-state index in [-0.39, 0.29) is 29.8 Å². The topological polar surface area (TPSA) is 41.6 Å². The molecule has 0 aliphatic carbocycles. The first-order chi connectivity index (χ1) is 13.8. The summed E-state index contributed by atoms with van der Waals surface area (Å²) in [6, 6.07) is 14.6. The van der Waals surface area contributed by atoms with Crippen molar-refractivity contribution in [3.05, 3.63) is 65.5 Å². The van der Waals surface area contributed by atoms with Gasteiger partial charge >= 0.3 is 0 Å². The fourth-order valence-corrected chi connectivity index (χ4v) is 3.66. The first-order valence-corrected chi connectivity index (χ1v) is 10.3. The number of ether oxygens (including phenoxy) is 1. The molecule has 0 unspecified atom stereocenters. The summed E-state index contributed by atoms with van der Waals surface area (Å²) in [6.07, 6.45) is 2.39. The van der Waals surface area contributed by atoms with Gasteiger partial charge in [0.1, 0.15) is 11.6 Å². The van der Waals surface area contributed by atoms with E-state index in [9.17, 15) is 9.18 Å². The van der Waals surface area contributed by atoms with Crippen molar-refractivity contribution in [2.45, 2.75) is 45.1 Å². The van der Waals surface area contributed by atoms with Gasteiger partial charge in [0.25, 0.3) is 5.91 Å². The van der Waals surface area contributed by atoms with E-state index in [1.165, 1.54) is 48.2 Å². The summed E-state index contributed by atoms with van der Waals surface area (Å²) in [5.41, 5.74) is 2.64. The van der Waals surface area contributed by atoms with E-state index >= 15 is 0 Å². The molecule has 3 rings (SSSR count). The lowest BCUT2D eigenvalue weighted by atomic mass is 9.86. The van der Waals surface area contributed by atoms with E-state index in [1.807, 2.05) is 0 Å². The molecule has 0 spiro atoms. The summed E-state index contributed by atoms with van der Waals surface area (Å²) in [5, 5.41) is 3.00. The highest BCUT2D eigenvalue weighted by molar-refractivity contribution is 5.77. The van der Waals surface area contributed by atoms with Crippen LogP contribution < -0.4 is 10.1 Å². The standard InChI is InChI=1S/C24H31FN2O2/c1-24(2,3)19-8-6-18(7-9-19)22(27-14-4-5-15-27)16-26-23(28)17-29-21-12-10-20(25)11-13-21/h6-13,22H,4-5,14-17H2,1-3H3,(H,26,28)/t22-/m0/s1. The maximum atomic E-state index is 13.0. The highest BCUT2D eigenvalue weighted by atomic mass is 19.1. The zero-order valence-corrected chi connectivity index (χ0v) is 17.6. The second-order valence-electron chi connectivity index (χ2n) is 8.68. The molecule has 2 aromatic carbocycles. The van der Waals surface area contributed by atoms with Gasteiger partial charge in [-0.15, -0.1) is 0 Å². The van der Waals surface area contributed by atoms with Crippen LogP contribution in [0.4, 0.5) is 4.39 Å². The summed E-state index contributed by atoms with van der Waals surface area (Å²) in [5.74, 6) is -0.0204. The Morgan fingerprint density at radius 2 is 1.69 bits per heavy atom.